The van der Waals surface area contributed by atoms with Gasteiger partial charge in [-0.15, -0.1) is 0 Å². The summed E-state index contributed by atoms with van der Waals surface area (Å²) < 4.78 is 6.26. The normalized spacial score (nSPS) is 15.6. The second-order valence-corrected chi connectivity index (χ2v) is 6.73. The highest BCUT2D eigenvalue weighted by atomic mass is 32.2. The average molecular weight is 310 g/mol. The molecule has 1 aliphatic heterocycles. The lowest BCUT2D eigenvalue weighted by Gasteiger charge is -2.15. The van der Waals surface area contributed by atoms with Crippen LogP contribution in [0.5, 0.6) is 5.75 Å². The molecule has 1 heterocycles. The molecule has 0 saturated heterocycles. The first kappa shape index (κ1) is 15.3. The minimum atomic E-state index is -0.121. The third-order valence-electron chi connectivity index (χ3n) is 2.83. The molecule has 0 bridgehead atoms. The second-order valence-electron chi connectivity index (χ2n) is 4.20. The number of benzene rings is 1. The molecule has 2 rings (SSSR count). The number of para-hydroxylation sites is 2. The zero-order chi connectivity index (χ0) is 14.4. The fraction of sp³-hybridized carbons (Fsp3) is 0.429. The van der Waals surface area contributed by atoms with Crippen molar-refractivity contribution in [2.75, 3.05) is 24.7 Å². The van der Waals surface area contributed by atoms with Gasteiger partial charge < -0.3 is 10.1 Å². The number of carbonyl (C=O) groups is 1. The number of anilines is 1. The largest absolute Gasteiger partial charge is 0.495 e. The second kappa shape index (κ2) is 7.59. The topological polar surface area (TPSA) is 50.7 Å². The Hall–Kier alpha value is -1.14. The Morgan fingerprint density at radius 1 is 1.55 bits per heavy atom. The number of nitrogens with zero attached hydrogens (tertiary/aromatic N) is 1. The number of hydrogen-bond donors (Lipinski definition) is 1. The lowest BCUT2D eigenvalue weighted by atomic mass is 10.2. The van der Waals surface area contributed by atoms with Crippen molar-refractivity contribution in [2.45, 2.75) is 18.6 Å². The van der Waals surface area contributed by atoms with Crippen molar-refractivity contribution in [1.29, 1.82) is 0 Å². The van der Waals surface area contributed by atoms with Crippen LogP contribution in [-0.2, 0) is 4.79 Å². The quantitative estimate of drug-likeness (QED) is 0.907. The van der Waals surface area contributed by atoms with Gasteiger partial charge in [0.1, 0.15) is 10.1 Å². The summed E-state index contributed by atoms with van der Waals surface area (Å²) in [6.45, 7) is 2.87. The molecule has 108 valence electrons. The monoisotopic (exact) mass is 310 g/mol. The summed E-state index contributed by atoms with van der Waals surface area (Å²) in [7, 11) is 1.60. The number of hydrogen-bond acceptors (Lipinski definition) is 5. The van der Waals surface area contributed by atoms with Crippen molar-refractivity contribution >= 4 is 39.5 Å². The van der Waals surface area contributed by atoms with E-state index < -0.39 is 0 Å². The van der Waals surface area contributed by atoms with E-state index >= 15 is 0 Å². The molecule has 0 fully saturated rings. The Labute approximate surface area is 127 Å². The first-order valence-corrected chi connectivity index (χ1v) is 8.39. The van der Waals surface area contributed by atoms with Crippen LogP contribution in [0.2, 0.25) is 0 Å². The summed E-state index contributed by atoms with van der Waals surface area (Å²) in [5.41, 5.74) is 0.708. The molecule has 1 aromatic carbocycles. The van der Waals surface area contributed by atoms with E-state index in [2.05, 4.69) is 10.3 Å². The standard InChI is InChI=1S/C14H18N2O2S2/c1-3-12(20-14-15-8-9-19-14)13(17)16-10-6-4-5-7-11(10)18-2/h4-7,12H,3,8-9H2,1-2H3,(H,16,17)/t12-/m1/s1. The van der Waals surface area contributed by atoms with Crippen LogP contribution in [0.15, 0.2) is 29.3 Å². The maximum Gasteiger partial charge on any atom is 0.238 e. The van der Waals surface area contributed by atoms with Crippen LogP contribution in [0.3, 0.4) is 0 Å². The number of aliphatic imine (C=N–C) groups is 1. The lowest BCUT2D eigenvalue weighted by Crippen LogP contribution is -2.25. The van der Waals surface area contributed by atoms with Crippen molar-refractivity contribution in [3.05, 3.63) is 24.3 Å². The van der Waals surface area contributed by atoms with Crippen molar-refractivity contribution in [1.82, 2.24) is 0 Å². The molecule has 0 unspecified atom stereocenters. The van der Waals surface area contributed by atoms with Crippen molar-refractivity contribution < 1.29 is 9.53 Å². The van der Waals surface area contributed by atoms with Crippen LogP contribution in [0.1, 0.15) is 13.3 Å². The highest BCUT2D eigenvalue weighted by Crippen LogP contribution is 2.29. The van der Waals surface area contributed by atoms with Gasteiger partial charge in [-0.25, -0.2) is 0 Å². The van der Waals surface area contributed by atoms with E-state index in [4.69, 9.17) is 4.74 Å². The van der Waals surface area contributed by atoms with E-state index in [1.165, 1.54) is 0 Å². The Bertz CT molecular complexity index is 506. The molecular weight excluding hydrogens is 292 g/mol. The van der Waals surface area contributed by atoms with Gasteiger partial charge in [0.2, 0.25) is 5.91 Å². The van der Waals surface area contributed by atoms with Crippen LogP contribution >= 0.6 is 23.5 Å². The van der Waals surface area contributed by atoms with E-state index in [0.717, 1.165) is 23.1 Å². The van der Waals surface area contributed by atoms with Gasteiger partial charge >= 0.3 is 0 Å². The Morgan fingerprint density at radius 3 is 3.00 bits per heavy atom. The molecule has 0 aliphatic carbocycles. The van der Waals surface area contributed by atoms with Gasteiger partial charge in [-0.1, -0.05) is 42.6 Å². The predicted octanol–water partition coefficient (Wildman–Crippen LogP) is 3.25. The van der Waals surface area contributed by atoms with Gasteiger partial charge in [-0.05, 0) is 18.6 Å². The minimum Gasteiger partial charge on any atom is -0.495 e. The zero-order valence-electron chi connectivity index (χ0n) is 11.6. The number of ether oxygens (including phenoxy) is 1. The number of nitrogens with one attached hydrogen (secondary N) is 1. The van der Waals surface area contributed by atoms with Crippen LogP contribution in [-0.4, -0.2) is 34.9 Å². The summed E-state index contributed by atoms with van der Waals surface area (Å²) in [5, 5.41) is 2.82. The fourth-order valence-electron chi connectivity index (χ4n) is 1.79. The van der Waals surface area contributed by atoms with Gasteiger partial charge in [0.05, 0.1) is 24.6 Å². The summed E-state index contributed by atoms with van der Waals surface area (Å²) in [6, 6.07) is 7.43. The molecule has 0 aromatic heterocycles. The SMILES string of the molecule is CC[C@@H](SC1=NCCS1)C(=O)Nc1ccccc1OC. The third kappa shape index (κ3) is 3.93. The molecule has 1 atom stereocenters. The molecule has 1 N–H and O–H groups in total. The Balaban J connectivity index is 2.01. The highest BCUT2D eigenvalue weighted by molar-refractivity contribution is 8.39. The van der Waals surface area contributed by atoms with Crippen LogP contribution < -0.4 is 10.1 Å². The Morgan fingerprint density at radius 2 is 2.35 bits per heavy atom. The van der Waals surface area contributed by atoms with Gasteiger partial charge in [-0.2, -0.15) is 0 Å². The molecule has 1 aromatic rings. The summed E-state index contributed by atoms with van der Waals surface area (Å²) >= 11 is 3.28. The van der Waals surface area contributed by atoms with Crippen molar-refractivity contribution in [3.63, 3.8) is 0 Å². The predicted molar refractivity (Wildman–Crippen MR) is 88.1 cm³/mol. The number of rotatable bonds is 5. The maximum absolute atomic E-state index is 12.3. The van der Waals surface area contributed by atoms with Crippen molar-refractivity contribution in [2.24, 2.45) is 4.99 Å². The molecule has 1 amide bonds. The summed E-state index contributed by atoms with van der Waals surface area (Å²) in [4.78, 5) is 16.7. The maximum atomic E-state index is 12.3. The fourth-order valence-corrected chi connectivity index (χ4v) is 3.94. The molecular formula is C14H18N2O2S2. The van der Waals surface area contributed by atoms with E-state index in [9.17, 15) is 4.79 Å². The summed E-state index contributed by atoms with van der Waals surface area (Å²) in [6.07, 6.45) is 0.769. The first-order valence-electron chi connectivity index (χ1n) is 6.52. The van der Waals surface area contributed by atoms with Crippen molar-refractivity contribution in [3.8, 4) is 5.75 Å². The number of carbonyl (C=O) groups excluding carboxylic acids is 1. The van der Waals surface area contributed by atoms with E-state index in [0.29, 0.717) is 11.4 Å². The first-order chi connectivity index (χ1) is 9.74. The molecule has 20 heavy (non-hydrogen) atoms. The van der Waals surface area contributed by atoms with Gasteiger partial charge in [0, 0.05) is 5.75 Å². The molecule has 0 radical (unpaired) electrons. The van der Waals surface area contributed by atoms with Crippen LogP contribution in [0.4, 0.5) is 5.69 Å². The zero-order valence-corrected chi connectivity index (χ0v) is 13.2. The lowest BCUT2D eigenvalue weighted by molar-refractivity contribution is -0.115. The van der Waals surface area contributed by atoms with E-state index in [-0.39, 0.29) is 11.2 Å². The number of thioether (sulfide) groups is 2. The molecule has 0 spiro atoms. The van der Waals surface area contributed by atoms with Crippen LogP contribution in [0, 0.1) is 0 Å². The molecule has 4 nitrogen and oxygen atoms in total. The molecule has 1 aliphatic rings. The van der Waals surface area contributed by atoms with E-state index in [1.807, 2.05) is 31.2 Å². The number of amides is 1. The van der Waals surface area contributed by atoms with Gasteiger partial charge in [0.25, 0.3) is 0 Å². The third-order valence-corrected chi connectivity index (χ3v) is 5.40. The Kier molecular flexibility index (Phi) is 5.79. The van der Waals surface area contributed by atoms with Gasteiger partial charge in [0.15, 0.2) is 0 Å². The molecule has 6 heteroatoms. The smallest absolute Gasteiger partial charge is 0.238 e. The molecule has 0 saturated carbocycles. The number of methoxy groups -OCH3 is 1. The van der Waals surface area contributed by atoms with Crippen LogP contribution in [0.25, 0.3) is 0 Å². The van der Waals surface area contributed by atoms with E-state index in [1.54, 1.807) is 30.6 Å². The highest BCUT2D eigenvalue weighted by Gasteiger charge is 2.22. The van der Waals surface area contributed by atoms with Gasteiger partial charge in [-0.3, -0.25) is 9.79 Å². The summed E-state index contributed by atoms with van der Waals surface area (Å²) in [5.74, 6) is 1.69. The minimum absolute atomic E-state index is 0.00259. The average Bonchev–Trinajstić information content (AvgIpc) is 2.98.